The van der Waals surface area contributed by atoms with E-state index in [1.807, 2.05) is 79.7 Å². The summed E-state index contributed by atoms with van der Waals surface area (Å²) in [5.74, 6) is 1.22. The lowest BCUT2D eigenvalue weighted by atomic mass is 10.0. The fourth-order valence-electron chi connectivity index (χ4n) is 4.20. The van der Waals surface area contributed by atoms with E-state index in [4.69, 9.17) is 9.47 Å². The molecule has 1 aliphatic heterocycles. The highest BCUT2D eigenvalue weighted by Crippen LogP contribution is 2.33. The van der Waals surface area contributed by atoms with Crippen LogP contribution in [0.25, 0.3) is 0 Å². The minimum atomic E-state index is -0.619. The quantitative estimate of drug-likeness (QED) is 0.353. The van der Waals surface area contributed by atoms with Crippen molar-refractivity contribution in [1.82, 2.24) is 10.2 Å². The van der Waals surface area contributed by atoms with E-state index in [9.17, 15) is 9.59 Å². The van der Waals surface area contributed by atoms with Crippen LogP contribution in [0.2, 0.25) is 0 Å². The molecule has 0 bridgehead atoms. The molecule has 0 aliphatic carbocycles. The zero-order valence-electron chi connectivity index (χ0n) is 20.4. The van der Waals surface area contributed by atoms with Gasteiger partial charge in [-0.25, -0.2) is 0 Å². The van der Waals surface area contributed by atoms with Crippen molar-refractivity contribution >= 4 is 27.7 Å². The van der Waals surface area contributed by atoms with Crippen molar-refractivity contribution in [2.75, 3.05) is 13.3 Å². The van der Waals surface area contributed by atoms with Gasteiger partial charge in [0.15, 0.2) is 11.5 Å². The summed E-state index contributed by atoms with van der Waals surface area (Å²) >= 11 is 3.47. The topological polar surface area (TPSA) is 67.9 Å². The van der Waals surface area contributed by atoms with Gasteiger partial charge in [-0.2, -0.15) is 0 Å². The Balaban J connectivity index is 1.57. The number of aryl methyl sites for hydroxylation is 1. The van der Waals surface area contributed by atoms with Crippen LogP contribution >= 0.6 is 15.9 Å². The van der Waals surface area contributed by atoms with Gasteiger partial charge in [-0.3, -0.25) is 9.59 Å². The number of halogens is 1. The van der Waals surface area contributed by atoms with Gasteiger partial charge in [0.25, 0.3) is 0 Å². The van der Waals surface area contributed by atoms with Crippen molar-refractivity contribution in [3.05, 3.63) is 94.0 Å². The van der Waals surface area contributed by atoms with Crippen LogP contribution in [0.1, 0.15) is 36.5 Å². The Morgan fingerprint density at radius 1 is 0.944 bits per heavy atom. The molecular formula is C29H31BrN2O4. The van der Waals surface area contributed by atoms with Crippen LogP contribution in [0.3, 0.4) is 0 Å². The van der Waals surface area contributed by atoms with E-state index in [2.05, 4.69) is 21.2 Å². The normalized spacial score (nSPS) is 12.7. The van der Waals surface area contributed by atoms with Crippen molar-refractivity contribution in [1.29, 1.82) is 0 Å². The average molecular weight is 551 g/mol. The lowest BCUT2D eigenvalue weighted by Crippen LogP contribution is -2.50. The summed E-state index contributed by atoms with van der Waals surface area (Å²) < 4.78 is 11.8. The van der Waals surface area contributed by atoms with Crippen LogP contribution in [-0.2, 0) is 29.0 Å². The first-order valence-electron chi connectivity index (χ1n) is 12.3. The summed E-state index contributed by atoms with van der Waals surface area (Å²) in [5.41, 5.74) is 2.97. The number of ether oxygens (including phenoxy) is 2. The minimum Gasteiger partial charge on any atom is -0.454 e. The average Bonchev–Trinajstić information content (AvgIpc) is 3.37. The number of rotatable bonds is 11. The number of hydrogen-bond acceptors (Lipinski definition) is 4. The van der Waals surface area contributed by atoms with Crippen LogP contribution in [0.4, 0.5) is 0 Å². The Bertz CT molecular complexity index is 1170. The molecule has 1 atom stereocenters. The van der Waals surface area contributed by atoms with Gasteiger partial charge in [0, 0.05) is 30.4 Å². The standard InChI is InChI=1S/C29H31BrN2O4/c1-2-16-31-29(34)25(17-21-6-4-3-5-7-21)32(19-23-8-12-24(30)13-9-23)28(33)15-11-22-10-14-26-27(18-22)36-20-35-26/h3-10,12-14,18,25H,2,11,15-17,19-20H2,1H3,(H,31,34)/t25-/m0/s1. The van der Waals surface area contributed by atoms with Gasteiger partial charge in [0.1, 0.15) is 6.04 Å². The third-order valence-electron chi connectivity index (χ3n) is 6.15. The van der Waals surface area contributed by atoms with Gasteiger partial charge in [-0.05, 0) is 53.8 Å². The minimum absolute atomic E-state index is 0.0665. The van der Waals surface area contributed by atoms with Crippen LogP contribution < -0.4 is 14.8 Å². The fourth-order valence-corrected chi connectivity index (χ4v) is 4.46. The van der Waals surface area contributed by atoms with Gasteiger partial charge in [0.2, 0.25) is 18.6 Å². The Hall–Kier alpha value is -3.32. The molecule has 1 N–H and O–H groups in total. The largest absolute Gasteiger partial charge is 0.454 e. The zero-order valence-corrected chi connectivity index (χ0v) is 22.0. The predicted octanol–water partition coefficient (Wildman–Crippen LogP) is 5.28. The molecule has 2 amide bonds. The lowest BCUT2D eigenvalue weighted by molar-refractivity contribution is -0.141. The van der Waals surface area contributed by atoms with Gasteiger partial charge in [0.05, 0.1) is 0 Å². The summed E-state index contributed by atoms with van der Waals surface area (Å²) in [6.07, 6.45) is 2.10. The molecule has 0 saturated carbocycles. The maximum atomic E-state index is 13.7. The third kappa shape index (κ3) is 6.88. The van der Waals surface area contributed by atoms with E-state index in [0.29, 0.717) is 31.7 Å². The predicted molar refractivity (Wildman–Crippen MR) is 143 cm³/mol. The highest BCUT2D eigenvalue weighted by molar-refractivity contribution is 9.10. The lowest BCUT2D eigenvalue weighted by Gasteiger charge is -2.31. The highest BCUT2D eigenvalue weighted by Gasteiger charge is 2.30. The third-order valence-corrected chi connectivity index (χ3v) is 6.68. The Labute approximate surface area is 220 Å². The summed E-state index contributed by atoms with van der Waals surface area (Å²) in [7, 11) is 0. The molecule has 7 heteroatoms. The second-order valence-electron chi connectivity index (χ2n) is 8.83. The Kier molecular flexibility index (Phi) is 9.01. The van der Waals surface area contributed by atoms with E-state index >= 15 is 0 Å². The van der Waals surface area contributed by atoms with E-state index in [0.717, 1.165) is 33.3 Å². The molecule has 4 rings (SSSR count). The molecule has 6 nitrogen and oxygen atoms in total. The van der Waals surface area contributed by atoms with Gasteiger partial charge in [-0.15, -0.1) is 0 Å². The van der Waals surface area contributed by atoms with Gasteiger partial charge in [-0.1, -0.05) is 71.4 Å². The Morgan fingerprint density at radius 3 is 2.42 bits per heavy atom. The van der Waals surface area contributed by atoms with Crippen LogP contribution in [0.15, 0.2) is 77.3 Å². The van der Waals surface area contributed by atoms with Crippen molar-refractivity contribution in [3.8, 4) is 11.5 Å². The van der Waals surface area contributed by atoms with Crippen LogP contribution in [0, 0.1) is 0 Å². The molecule has 0 radical (unpaired) electrons. The first kappa shape index (κ1) is 25.8. The molecule has 1 aliphatic rings. The first-order chi connectivity index (χ1) is 17.5. The Morgan fingerprint density at radius 2 is 1.67 bits per heavy atom. The molecule has 3 aromatic rings. The second-order valence-corrected chi connectivity index (χ2v) is 9.75. The van der Waals surface area contributed by atoms with E-state index < -0.39 is 6.04 Å². The monoisotopic (exact) mass is 550 g/mol. The first-order valence-corrected chi connectivity index (χ1v) is 13.1. The molecule has 1 heterocycles. The molecule has 0 aromatic heterocycles. The van der Waals surface area contributed by atoms with Gasteiger partial charge < -0.3 is 19.7 Å². The molecule has 0 fully saturated rings. The van der Waals surface area contributed by atoms with E-state index in [-0.39, 0.29) is 25.0 Å². The molecule has 36 heavy (non-hydrogen) atoms. The van der Waals surface area contributed by atoms with E-state index in [1.54, 1.807) is 4.90 Å². The molecule has 0 saturated heterocycles. The summed E-state index contributed by atoms with van der Waals surface area (Å²) in [4.78, 5) is 28.8. The SMILES string of the molecule is CCCNC(=O)[C@H](Cc1ccccc1)N(Cc1ccc(Br)cc1)C(=O)CCc1ccc2c(c1)OCO2. The van der Waals surface area contributed by atoms with Crippen molar-refractivity contribution in [2.45, 2.75) is 45.2 Å². The number of carbonyl (C=O) groups is 2. The van der Waals surface area contributed by atoms with Crippen LogP contribution in [0.5, 0.6) is 11.5 Å². The smallest absolute Gasteiger partial charge is 0.243 e. The maximum absolute atomic E-state index is 13.7. The zero-order chi connectivity index (χ0) is 25.3. The number of nitrogens with zero attached hydrogens (tertiary/aromatic N) is 1. The number of carbonyl (C=O) groups excluding carboxylic acids is 2. The summed E-state index contributed by atoms with van der Waals surface area (Å²) in [6, 6.07) is 22.8. The van der Waals surface area contributed by atoms with E-state index in [1.165, 1.54) is 0 Å². The molecule has 0 spiro atoms. The second kappa shape index (κ2) is 12.6. The summed E-state index contributed by atoms with van der Waals surface area (Å²) in [6.45, 7) is 3.15. The fraction of sp³-hybridized carbons (Fsp3) is 0.310. The number of benzene rings is 3. The van der Waals surface area contributed by atoms with Crippen molar-refractivity contribution < 1.29 is 19.1 Å². The molecule has 188 valence electrons. The molecular weight excluding hydrogens is 520 g/mol. The molecule has 3 aromatic carbocycles. The summed E-state index contributed by atoms with van der Waals surface area (Å²) in [5, 5.41) is 3.01. The number of hydrogen-bond donors (Lipinski definition) is 1. The van der Waals surface area contributed by atoms with Crippen molar-refractivity contribution in [2.24, 2.45) is 0 Å². The number of amides is 2. The van der Waals surface area contributed by atoms with Crippen LogP contribution in [-0.4, -0.2) is 36.1 Å². The van der Waals surface area contributed by atoms with Crippen molar-refractivity contribution in [3.63, 3.8) is 0 Å². The van der Waals surface area contributed by atoms with Gasteiger partial charge >= 0.3 is 0 Å². The molecule has 0 unspecified atom stereocenters. The highest BCUT2D eigenvalue weighted by atomic mass is 79.9. The maximum Gasteiger partial charge on any atom is 0.243 e. The number of fused-ring (bicyclic) bond motifs is 1. The number of nitrogens with one attached hydrogen (secondary N) is 1.